The van der Waals surface area contributed by atoms with Crippen molar-refractivity contribution in [2.75, 3.05) is 11.9 Å². The van der Waals surface area contributed by atoms with E-state index < -0.39 is 11.5 Å². The average molecular weight is 377 g/mol. The highest BCUT2D eigenvalue weighted by Crippen LogP contribution is 2.55. The van der Waals surface area contributed by atoms with Gasteiger partial charge in [-0.05, 0) is 49.6 Å². The fourth-order valence-electron chi connectivity index (χ4n) is 5.31. The Bertz CT molecular complexity index is 942. The van der Waals surface area contributed by atoms with Crippen molar-refractivity contribution in [2.45, 2.75) is 37.4 Å². The van der Waals surface area contributed by atoms with Gasteiger partial charge in [-0.1, -0.05) is 30.3 Å². The predicted molar refractivity (Wildman–Crippen MR) is 105 cm³/mol. The molecular weight excluding hydrogens is 354 g/mol. The number of anilines is 1. The van der Waals surface area contributed by atoms with Gasteiger partial charge in [0.25, 0.3) is 0 Å². The van der Waals surface area contributed by atoms with Crippen molar-refractivity contribution in [3.8, 4) is 5.75 Å². The summed E-state index contributed by atoms with van der Waals surface area (Å²) in [5.41, 5.74) is 1.75. The van der Waals surface area contributed by atoms with E-state index in [2.05, 4.69) is 15.5 Å². The maximum Gasteiger partial charge on any atom is 0.250 e. The van der Waals surface area contributed by atoms with E-state index in [1.165, 1.54) is 0 Å². The third-order valence-corrected chi connectivity index (χ3v) is 6.49. The van der Waals surface area contributed by atoms with Crippen LogP contribution < -0.4 is 10.6 Å². The van der Waals surface area contributed by atoms with Crippen LogP contribution in [0.2, 0.25) is 0 Å². The molecule has 2 saturated heterocycles. The van der Waals surface area contributed by atoms with Gasteiger partial charge in [0.1, 0.15) is 11.3 Å². The third-order valence-electron chi connectivity index (χ3n) is 6.49. The number of hydrogen-bond acceptors (Lipinski definition) is 4. The minimum Gasteiger partial charge on any atom is -0.508 e. The Kier molecular flexibility index (Phi) is 3.91. The van der Waals surface area contributed by atoms with Crippen LogP contribution in [-0.2, 0) is 21.7 Å². The molecule has 3 N–H and O–H groups in total. The van der Waals surface area contributed by atoms with E-state index in [1.807, 2.05) is 24.3 Å². The highest BCUT2D eigenvalue weighted by molar-refractivity contribution is 6.09. The van der Waals surface area contributed by atoms with Gasteiger partial charge < -0.3 is 15.7 Å². The van der Waals surface area contributed by atoms with Crippen LogP contribution in [-0.4, -0.2) is 34.4 Å². The molecule has 28 heavy (non-hydrogen) atoms. The van der Waals surface area contributed by atoms with Crippen molar-refractivity contribution < 1.29 is 14.7 Å². The maximum absolute atomic E-state index is 13.3. The Morgan fingerprint density at radius 2 is 2.00 bits per heavy atom. The Labute approximate surface area is 163 Å². The molecule has 3 heterocycles. The first kappa shape index (κ1) is 17.3. The number of fused-ring (bicyclic) bond motifs is 4. The van der Waals surface area contributed by atoms with Gasteiger partial charge in [0, 0.05) is 23.8 Å². The van der Waals surface area contributed by atoms with Crippen molar-refractivity contribution in [3.05, 3.63) is 59.7 Å². The average Bonchev–Trinajstić information content (AvgIpc) is 3.36. The SMILES string of the molecule is O=C(NCc1ccc(O)cc1)[C@H]1C[C@H]2CCCN2[C@]12C(=O)Nc1ccccc12. The molecule has 6 heteroatoms. The highest BCUT2D eigenvalue weighted by Gasteiger charge is 2.65. The van der Waals surface area contributed by atoms with Crippen molar-refractivity contribution >= 4 is 17.5 Å². The standard InChI is InChI=1S/C22H23N3O3/c26-16-9-7-14(8-10-16)13-23-20(27)18-12-15-4-3-11-25(15)22(18)17-5-1-2-6-19(17)24-21(22)28/h1-2,5-10,15,18,26H,3-4,11-13H2,(H,23,27)(H,24,28)/t15-,18-,22+/m1/s1. The molecule has 0 aromatic heterocycles. The Morgan fingerprint density at radius 1 is 1.21 bits per heavy atom. The van der Waals surface area contributed by atoms with Crippen LogP contribution in [0.3, 0.4) is 0 Å². The molecule has 2 amide bonds. The normalized spacial score (nSPS) is 28.2. The van der Waals surface area contributed by atoms with Crippen LogP contribution in [0.1, 0.15) is 30.4 Å². The zero-order chi connectivity index (χ0) is 19.3. The lowest BCUT2D eigenvalue weighted by atomic mass is 9.78. The lowest BCUT2D eigenvalue weighted by molar-refractivity contribution is -0.137. The summed E-state index contributed by atoms with van der Waals surface area (Å²) in [6.07, 6.45) is 2.78. The van der Waals surface area contributed by atoms with Gasteiger partial charge in [0.2, 0.25) is 11.8 Å². The van der Waals surface area contributed by atoms with Crippen LogP contribution >= 0.6 is 0 Å². The molecule has 0 radical (unpaired) electrons. The van der Waals surface area contributed by atoms with E-state index in [1.54, 1.807) is 24.3 Å². The molecule has 1 spiro atoms. The third kappa shape index (κ3) is 2.37. The number of phenolic OH excluding ortho intramolecular Hbond substituents is 1. The van der Waals surface area contributed by atoms with Crippen LogP contribution in [0.5, 0.6) is 5.75 Å². The predicted octanol–water partition coefficient (Wildman–Crippen LogP) is 2.34. The fourth-order valence-corrected chi connectivity index (χ4v) is 5.31. The van der Waals surface area contributed by atoms with E-state index in [9.17, 15) is 14.7 Å². The number of hydrogen-bond donors (Lipinski definition) is 3. The summed E-state index contributed by atoms with van der Waals surface area (Å²) >= 11 is 0. The number of amides is 2. The van der Waals surface area contributed by atoms with E-state index in [0.717, 1.165) is 36.2 Å². The minimum atomic E-state index is -0.906. The molecule has 2 aromatic carbocycles. The number of carbonyl (C=O) groups excluding carboxylic acids is 2. The molecule has 3 atom stereocenters. The first-order valence-electron chi connectivity index (χ1n) is 9.84. The first-order chi connectivity index (χ1) is 13.6. The summed E-state index contributed by atoms with van der Waals surface area (Å²) in [5.74, 6) is -0.388. The van der Waals surface area contributed by atoms with Crippen LogP contribution in [0.15, 0.2) is 48.5 Å². The summed E-state index contributed by atoms with van der Waals surface area (Å²) in [6.45, 7) is 1.22. The molecule has 0 saturated carbocycles. The molecular formula is C22H23N3O3. The van der Waals surface area contributed by atoms with Crippen LogP contribution in [0.25, 0.3) is 0 Å². The molecule has 2 aromatic rings. The number of rotatable bonds is 3. The van der Waals surface area contributed by atoms with E-state index in [0.29, 0.717) is 13.0 Å². The van der Waals surface area contributed by atoms with E-state index in [4.69, 9.17) is 0 Å². The quantitative estimate of drug-likeness (QED) is 0.767. The van der Waals surface area contributed by atoms with Crippen molar-refractivity contribution in [2.24, 2.45) is 5.92 Å². The van der Waals surface area contributed by atoms with Crippen molar-refractivity contribution in [1.82, 2.24) is 10.2 Å². The Morgan fingerprint density at radius 3 is 2.82 bits per heavy atom. The topological polar surface area (TPSA) is 81.7 Å². The van der Waals surface area contributed by atoms with E-state index >= 15 is 0 Å². The van der Waals surface area contributed by atoms with Gasteiger partial charge in [-0.25, -0.2) is 0 Å². The number of carbonyl (C=O) groups is 2. The van der Waals surface area contributed by atoms with Gasteiger partial charge in [0.05, 0.1) is 5.92 Å². The van der Waals surface area contributed by atoms with Gasteiger partial charge in [0.15, 0.2) is 0 Å². The zero-order valence-corrected chi connectivity index (χ0v) is 15.5. The Hall–Kier alpha value is -2.86. The lowest BCUT2D eigenvalue weighted by Gasteiger charge is -2.36. The molecule has 5 rings (SSSR count). The summed E-state index contributed by atoms with van der Waals surface area (Å²) in [7, 11) is 0. The molecule has 144 valence electrons. The van der Waals surface area contributed by atoms with Crippen LogP contribution in [0, 0.1) is 5.92 Å². The van der Waals surface area contributed by atoms with Crippen molar-refractivity contribution in [3.63, 3.8) is 0 Å². The summed E-state index contributed by atoms with van der Waals surface area (Å²) in [5, 5.41) is 15.5. The number of aromatic hydroxyl groups is 1. The number of nitrogens with zero attached hydrogens (tertiary/aromatic N) is 1. The number of para-hydroxylation sites is 1. The molecule has 0 unspecified atom stereocenters. The largest absolute Gasteiger partial charge is 0.508 e. The molecule has 6 nitrogen and oxygen atoms in total. The van der Waals surface area contributed by atoms with Gasteiger partial charge in [-0.15, -0.1) is 0 Å². The smallest absolute Gasteiger partial charge is 0.250 e. The minimum absolute atomic E-state index is 0.0807. The highest BCUT2D eigenvalue weighted by atomic mass is 16.3. The van der Waals surface area contributed by atoms with Crippen LogP contribution in [0.4, 0.5) is 5.69 Å². The zero-order valence-electron chi connectivity index (χ0n) is 15.5. The first-order valence-corrected chi connectivity index (χ1v) is 9.84. The Balaban J connectivity index is 1.47. The second-order valence-corrected chi connectivity index (χ2v) is 7.93. The van der Waals surface area contributed by atoms with E-state index in [-0.39, 0.29) is 23.6 Å². The fraction of sp³-hybridized carbons (Fsp3) is 0.364. The van der Waals surface area contributed by atoms with Gasteiger partial charge in [-0.3, -0.25) is 14.5 Å². The summed E-state index contributed by atoms with van der Waals surface area (Å²) in [4.78, 5) is 28.8. The number of nitrogens with one attached hydrogen (secondary N) is 2. The molecule has 0 aliphatic carbocycles. The monoisotopic (exact) mass is 377 g/mol. The molecule has 3 aliphatic heterocycles. The second-order valence-electron chi connectivity index (χ2n) is 7.93. The van der Waals surface area contributed by atoms with Gasteiger partial charge >= 0.3 is 0 Å². The summed E-state index contributed by atoms with van der Waals surface area (Å²) in [6, 6.07) is 14.8. The summed E-state index contributed by atoms with van der Waals surface area (Å²) < 4.78 is 0. The molecule has 3 aliphatic rings. The molecule has 0 bridgehead atoms. The van der Waals surface area contributed by atoms with Gasteiger partial charge in [-0.2, -0.15) is 0 Å². The molecule has 2 fully saturated rings. The number of phenols is 1. The lowest BCUT2D eigenvalue weighted by Crippen LogP contribution is -2.54. The maximum atomic E-state index is 13.3. The second kappa shape index (κ2) is 6.34. The number of benzene rings is 2. The van der Waals surface area contributed by atoms with Crippen molar-refractivity contribution in [1.29, 1.82) is 0 Å².